The van der Waals surface area contributed by atoms with Gasteiger partial charge in [-0.1, -0.05) is 37.4 Å². The van der Waals surface area contributed by atoms with Crippen LogP contribution in [-0.4, -0.2) is 49.3 Å². The average Bonchev–Trinajstić information content (AvgIpc) is 3.31. The van der Waals surface area contributed by atoms with E-state index in [9.17, 15) is 4.79 Å². The highest BCUT2D eigenvalue weighted by Crippen LogP contribution is 2.42. The number of carbonyl (C=O) groups excluding carboxylic acids is 1. The largest absolute Gasteiger partial charge is 0.465 e. The number of ether oxygens (including phenoxy) is 2. The molecule has 162 valence electrons. The summed E-state index contributed by atoms with van der Waals surface area (Å²) in [6.45, 7) is 9.27. The molecule has 0 aromatic carbocycles. The molecule has 7 nitrogen and oxygen atoms in total. The molecule has 4 heterocycles. The number of hydrogen-bond donors (Lipinski definition) is 0. The molecule has 4 rings (SSSR count). The van der Waals surface area contributed by atoms with Gasteiger partial charge in [-0.25, -0.2) is 9.38 Å². The van der Waals surface area contributed by atoms with Gasteiger partial charge in [-0.15, -0.1) is 21.5 Å². The van der Waals surface area contributed by atoms with Crippen molar-refractivity contribution in [3.05, 3.63) is 10.4 Å². The normalized spacial score (nSPS) is 18.8. The van der Waals surface area contributed by atoms with Crippen molar-refractivity contribution in [1.82, 2.24) is 19.6 Å². The second kappa shape index (κ2) is 9.02. The van der Waals surface area contributed by atoms with Crippen LogP contribution in [0, 0.1) is 0 Å². The first-order chi connectivity index (χ1) is 14.5. The summed E-state index contributed by atoms with van der Waals surface area (Å²) in [7, 11) is 0. The Morgan fingerprint density at radius 3 is 2.83 bits per heavy atom. The van der Waals surface area contributed by atoms with Gasteiger partial charge in [0, 0.05) is 17.1 Å². The van der Waals surface area contributed by atoms with Gasteiger partial charge in [0.1, 0.15) is 4.83 Å². The molecule has 0 unspecified atom stereocenters. The van der Waals surface area contributed by atoms with E-state index in [2.05, 4.69) is 31.0 Å². The highest BCUT2D eigenvalue weighted by molar-refractivity contribution is 8.00. The molecule has 0 aliphatic carbocycles. The van der Waals surface area contributed by atoms with E-state index >= 15 is 0 Å². The minimum Gasteiger partial charge on any atom is -0.465 e. The summed E-state index contributed by atoms with van der Waals surface area (Å²) in [6, 6.07) is 0. The number of thiophene rings is 1. The number of hydrogen-bond acceptors (Lipinski definition) is 9. The topological polar surface area (TPSA) is 78.6 Å². The summed E-state index contributed by atoms with van der Waals surface area (Å²) < 4.78 is 13.2. The maximum absolute atomic E-state index is 11.9. The number of nitrogens with zero attached hydrogens (tertiary/aromatic N) is 4. The molecule has 0 saturated carbocycles. The summed E-state index contributed by atoms with van der Waals surface area (Å²) in [5.74, 6) is 0.907. The summed E-state index contributed by atoms with van der Waals surface area (Å²) >= 11 is 4.74. The van der Waals surface area contributed by atoms with Crippen LogP contribution in [0.4, 0.5) is 0 Å². The van der Waals surface area contributed by atoms with Crippen molar-refractivity contribution < 1.29 is 14.3 Å². The van der Waals surface area contributed by atoms with E-state index in [1.54, 1.807) is 23.1 Å². The molecular formula is C20H26N4O3S3. The van der Waals surface area contributed by atoms with E-state index in [0.717, 1.165) is 46.0 Å². The Kier molecular flexibility index (Phi) is 6.57. The van der Waals surface area contributed by atoms with Crippen molar-refractivity contribution in [3.63, 3.8) is 0 Å². The predicted molar refractivity (Wildman–Crippen MR) is 122 cm³/mol. The molecule has 0 spiro atoms. The third-order valence-electron chi connectivity index (χ3n) is 5.23. The maximum Gasteiger partial charge on any atom is 0.316 e. The maximum atomic E-state index is 11.9. The average molecular weight is 467 g/mol. The van der Waals surface area contributed by atoms with E-state index in [-0.39, 0.29) is 17.3 Å². The van der Waals surface area contributed by atoms with E-state index in [1.807, 2.05) is 11.3 Å². The van der Waals surface area contributed by atoms with Crippen molar-refractivity contribution in [3.8, 4) is 0 Å². The van der Waals surface area contributed by atoms with Gasteiger partial charge < -0.3 is 9.47 Å². The first-order valence-corrected chi connectivity index (χ1v) is 13.0. The van der Waals surface area contributed by atoms with Gasteiger partial charge in [0.2, 0.25) is 0 Å². The second-order valence-electron chi connectivity index (χ2n) is 7.43. The molecule has 0 bridgehead atoms. The lowest BCUT2D eigenvalue weighted by atomic mass is 9.90. The van der Waals surface area contributed by atoms with Gasteiger partial charge in [-0.3, -0.25) is 4.79 Å². The summed E-state index contributed by atoms with van der Waals surface area (Å²) in [4.78, 5) is 19.1. The lowest BCUT2D eigenvalue weighted by Gasteiger charge is -2.33. The Morgan fingerprint density at radius 2 is 2.10 bits per heavy atom. The molecule has 0 amide bonds. The van der Waals surface area contributed by atoms with Crippen molar-refractivity contribution in [2.75, 3.05) is 18.1 Å². The third kappa shape index (κ3) is 4.06. The fraction of sp³-hybridized carbons (Fsp3) is 0.600. The molecule has 0 fully saturated rings. The van der Waals surface area contributed by atoms with Gasteiger partial charge in [0.25, 0.3) is 0 Å². The fourth-order valence-corrected chi connectivity index (χ4v) is 6.24. The Labute approximate surface area is 188 Å². The second-order valence-corrected chi connectivity index (χ2v) is 10.5. The molecule has 1 aliphatic rings. The molecule has 10 heteroatoms. The highest BCUT2D eigenvalue weighted by Gasteiger charge is 2.33. The van der Waals surface area contributed by atoms with Crippen LogP contribution in [0.15, 0.2) is 10.3 Å². The summed E-state index contributed by atoms with van der Waals surface area (Å²) in [6.07, 6.45) is 2.84. The van der Waals surface area contributed by atoms with E-state index in [4.69, 9.17) is 14.5 Å². The third-order valence-corrected chi connectivity index (χ3v) is 8.37. The minimum atomic E-state index is -0.250. The van der Waals surface area contributed by atoms with E-state index in [1.165, 1.54) is 22.2 Å². The van der Waals surface area contributed by atoms with Gasteiger partial charge in [-0.05, 0) is 32.3 Å². The number of thioether (sulfide) groups is 2. The predicted octanol–water partition coefficient (Wildman–Crippen LogP) is 4.74. The van der Waals surface area contributed by atoms with E-state index < -0.39 is 0 Å². The lowest BCUT2D eigenvalue weighted by Crippen LogP contribution is -2.33. The van der Waals surface area contributed by atoms with Crippen molar-refractivity contribution in [2.24, 2.45) is 0 Å². The highest BCUT2D eigenvalue weighted by atomic mass is 32.2. The molecule has 1 aliphatic heterocycles. The van der Waals surface area contributed by atoms with Gasteiger partial charge in [-0.2, -0.15) is 0 Å². The van der Waals surface area contributed by atoms with Crippen LogP contribution in [0.1, 0.15) is 51.0 Å². The lowest BCUT2D eigenvalue weighted by molar-refractivity contribution is -0.139. The van der Waals surface area contributed by atoms with Crippen LogP contribution < -0.4 is 0 Å². The van der Waals surface area contributed by atoms with Crippen LogP contribution in [0.3, 0.4) is 0 Å². The first kappa shape index (κ1) is 21.9. The zero-order chi connectivity index (χ0) is 21.3. The molecule has 3 aromatic rings. The molecule has 0 N–H and O–H groups in total. The molecule has 3 aromatic heterocycles. The zero-order valence-corrected chi connectivity index (χ0v) is 20.1. The standard InChI is InChI=1S/C20H26N4O3S3/c1-5-8-28-18-21-17-15(12-9-20(4,6-2)27-10-13(12)30-17)16-22-23-19(24(16)18)29-11-14(25)26-7-3/h5-11H2,1-4H3/t20-/m0/s1. The monoisotopic (exact) mass is 466 g/mol. The quantitative estimate of drug-likeness (QED) is 0.268. The van der Waals surface area contributed by atoms with Gasteiger partial charge >= 0.3 is 5.97 Å². The van der Waals surface area contributed by atoms with Crippen LogP contribution in [0.25, 0.3) is 15.9 Å². The number of fused-ring (bicyclic) bond motifs is 5. The molecule has 30 heavy (non-hydrogen) atoms. The van der Waals surface area contributed by atoms with Crippen LogP contribution in [-0.2, 0) is 27.3 Å². The SMILES string of the molecule is CCCSc1nc2sc3c(c2c2nnc(SCC(=O)OCC)n12)C[C@](C)(CC)OC3. The van der Waals surface area contributed by atoms with Crippen molar-refractivity contribution >= 4 is 56.7 Å². The van der Waals surface area contributed by atoms with Crippen molar-refractivity contribution in [2.45, 2.75) is 69.5 Å². The molecule has 1 atom stereocenters. The zero-order valence-electron chi connectivity index (χ0n) is 17.7. The fourth-order valence-electron chi connectivity index (χ4n) is 3.45. The van der Waals surface area contributed by atoms with Gasteiger partial charge in [0.15, 0.2) is 16.0 Å². The molecule has 0 saturated heterocycles. The Hall–Kier alpha value is -1.36. The molecule has 0 radical (unpaired) electrons. The van der Waals surface area contributed by atoms with Crippen LogP contribution in [0.5, 0.6) is 0 Å². The van der Waals surface area contributed by atoms with Crippen LogP contribution >= 0.6 is 34.9 Å². The van der Waals surface area contributed by atoms with Crippen LogP contribution in [0.2, 0.25) is 0 Å². The Bertz CT molecular complexity index is 1080. The van der Waals surface area contributed by atoms with E-state index in [0.29, 0.717) is 18.4 Å². The van der Waals surface area contributed by atoms with Crippen molar-refractivity contribution in [1.29, 1.82) is 0 Å². The summed E-state index contributed by atoms with van der Waals surface area (Å²) in [5.41, 5.74) is 1.93. The number of rotatable bonds is 8. The minimum absolute atomic E-state index is 0.171. The number of aromatic nitrogens is 4. The number of carbonyl (C=O) groups is 1. The number of esters is 1. The Balaban J connectivity index is 1.83. The Morgan fingerprint density at radius 1 is 1.27 bits per heavy atom. The van der Waals surface area contributed by atoms with Gasteiger partial charge in [0.05, 0.1) is 30.0 Å². The smallest absolute Gasteiger partial charge is 0.316 e. The summed E-state index contributed by atoms with van der Waals surface area (Å²) in [5, 5.41) is 11.6. The molecular weight excluding hydrogens is 440 g/mol. The first-order valence-electron chi connectivity index (χ1n) is 10.2.